The lowest BCUT2D eigenvalue weighted by Crippen LogP contribution is -2.05. The Labute approximate surface area is 169 Å². The number of benzene rings is 2. The molecule has 0 N–H and O–H groups in total. The average molecular weight is 413 g/mol. The van der Waals surface area contributed by atoms with E-state index in [4.69, 9.17) is 20.8 Å². The molecule has 7 nitrogen and oxygen atoms in total. The first kappa shape index (κ1) is 18.3. The van der Waals surface area contributed by atoms with Gasteiger partial charge in [0.2, 0.25) is 11.8 Å². The summed E-state index contributed by atoms with van der Waals surface area (Å²) in [6.07, 6.45) is 0. The standard InChI is InChI=1S/C19H13ClN4O3S/c1-11-4-2-3-5-14(11)18-23-22-17(27-18)12-6-8-13(9-7-12)19(25)26-10-15-16(20)28-24-21-15/h2-9H,10H2,1H3. The second-order valence-corrected chi connectivity index (χ2v) is 7.23. The number of halogens is 1. The highest BCUT2D eigenvalue weighted by atomic mass is 35.5. The van der Waals surface area contributed by atoms with Crippen molar-refractivity contribution >= 4 is 29.1 Å². The highest BCUT2D eigenvalue weighted by molar-refractivity contribution is 7.10. The van der Waals surface area contributed by atoms with E-state index in [1.807, 2.05) is 31.2 Å². The SMILES string of the molecule is Cc1ccccc1-c1nnc(-c2ccc(C(=O)OCc3nnsc3Cl)cc2)o1. The van der Waals surface area contributed by atoms with Crippen LogP contribution in [0, 0.1) is 6.92 Å². The van der Waals surface area contributed by atoms with E-state index in [9.17, 15) is 4.79 Å². The van der Waals surface area contributed by atoms with Crippen molar-refractivity contribution in [2.75, 3.05) is 0 Å². The summed E-state index contributed by atoms with van der Waals surface area (Å²) in [5.41, 5.74) is 3.46. The number of aromatic nitrogens is 4. The van der Waals surface area contributed by atoms with E-state index >= 15 is 0 Å². The van der Waals surface area contributed by atoms with Gasteiger partial charge in [0.05, 0.1) is 5.56 Å². The van der Waals surface area contributed by atoms with E-state index in [0.29, 0.717) is 32.9 Å². The van der Waals surface area contributed by atoms with Gasteiger partial charge in [0.1, 0.15) is 16.6 Å². The van der Waals surface area contributed by atoms with Gasteiger partial charge in [0, 0.05) is 22.7 Å². The Balaban J connectivity index is 1.47. The van der Waals surface area contributed by atoms with Gasteiger partial charge >= 0.3 is 5.97 Å². The number of hydrogen-bond acceptors (Lipinski definition) is 8. The van der Waals surface area contributed by atoms with Crippen molar-refractivity contribution in [3.63, 3.8) is 0 Å². The van der Waals surface area contributed by atoms with Crippen LogP contribution in [0.4, 0.5) is 0 Å². The lowest BCUT2D eigenvalue weighted by molar-refractivity contribution is 0.0468. The summed E-state index contributed by atoms with van der Waals surface area (Å²) in [7, 11) is 0. The normalized spacial score (nSPS) is 10.8. The molecule has 0 aliphatic rings. The average Bonchev–Trinajstić information content (AvgIpc) is 3.36. The van der Waals surface area contributed by atoms with Crippen molar-refractivity contribution in [1.29, 1.82) is 0 Å². The van der Waals surface area contributed by atoms with Gasteiger partial charge in [-0.3, -0.25) is 0 Å². The van der Waals surface area contributed by atoms with Gasteiger partial charge in [-0.15, -0.1) is 15.3 Å². The monoisotopic (exact) mass is 412 g/mol. The predicted molar refractivity (Wildman–Crippen MR) is 104 cm³/mol. The van der Waals surface area contributed by atoms with Crippen LogP contribution in [0.15, 0.2) is 52.9 Å². The summed E-state index contributed by atoms with van der Waals surface area (Å²) in [6, 6.07) is 14.5. The molecule has 2 heterocycles. The Morgan fingerprint density at radius 1 is 1.07 bits per heavy atom. The molecule has 28 heavy (non-hydrogen) atoms. The topological polar surface area (TPSA) is 91.0 Å². The lowest BCUT2D eigenvalue weighted by atomic mass is 10.1. The maximum atomic E-state index is 12.2. The fourth-order valence-corrected chi connectivity index (χ4v) is 3.11. The fourth-order valence-electron chi connectivity index (χ4n) is 2.51. The zero-order valence-electron chi connectivity index (χ0n) is 14.6. The largest absolute Gasteiger partial charge is 0.455 e. The molecule has 0 unspecified atom stereocenters. The molecule has 0 bridgehead atoms. The minimum absolute atomic E-state index is 0.0284. The first-order valence-corrected chi connectivity index (χ1v) is 9.41. The number of rotatable bonds is 5. The van der Waals surface area contributed by atoms with Gasteiger partial charge in [0.25, 0.3) is 0 Å². The highest BCUT2D eigenvalue weighted by Crippen LogP contribution is 2.26. The molecule has 0 saturated heterocycles. The number of esters is 1. The van der Waals surface area contributed by atoms with Crippen LogP contribution in [0.3, 0.4) is 0 Å². The van der Waals surface area contributed by atoms with Crippen LogP contribution >= 0.6 is 23.1 Å². The third kappa shape index (κ3) is 3.78. The third-order valence-electron chi connectivity index (χ3n) is 4.02. The molecule has 0 aliphatic carbocycles. The van der Waals surface area contributed by atoms with Crippen molar-refractivity contribution in [3.05, 3.63) is 69.7 Å². The molecule has 140 valence electrons. The molecular formula is C19H13ClN4O3S. The maximum Gasteiger partial charge on any atom is 0.338 e. The van der Waals surface area contributed by atoms with Crippen LogP contribution in [0.25, 0.3) is 22.9 Å². The molecule has 2 aromatic heterocycles. The van der Waals surface area contributed by atoms with E-state index in [1.54, 1.807) is 24.3 Å². The molecule has 0 aliphatic heterocycles. The van der Waals surface area contributed by atoms with Gasteiger partial charge in [-0.2, -0.15) is 0 Å². The Kier molecular flexibility index (Phi) is 5.14. The lowest BCUT2D eigenvalue weighted by Gasteiger charge is -2.03. The Bertz CT molecular complexity index is 1120. The van der Waals surface area contributed by atoms with E-state index in [0.717, 1.165) is 22.7 Å². The summed E-state index contributed by atoms with van der Waals surface area (Å²) in [4.78, 5) is 12.2. The van der Waals surface area contributed by atoms with E-state index < -0.39 is 5.97 Å². The van der Waals surface area contributed by atoms with E-state index in [-0.39, 0.29) is 6.61 Å². The van der Waals surface area contributed by atoms with Crippen molar-refractivity contribution in [2.24, 2.45) is 0 Å². The number of aryl methyl sites for hydroxylation is 1. The number of ether oxygens (including phenoxy) is 1. The molecule has 0 fully saturated rings. The minimum atomic E-state index is -0.484. The summed E-state index contributed by atoms with van der Waals surface area (Å²) < 4.78 is 15.1. The van der Waals surface area contributed by atoms with Gasteiger partial charge in [-0.1, -0.05) is 34.3 Å². The predicted octanol–water partition coefficient (Wildman–Crippen LogP) is 4.57. The number of carbonyl (C=O) groups is 1. The number of carbonyl (C=O) groups excluding carboxylic acids is 1. The maximum absolute atomic E-state index is 12.2. The van der Waals surface area contributed by atoms with E-state index in [1.165, 1.54) is 0 Å². The van der Waals surface area contributed by atoms with Crippen LogP contribution in [-0.4, -0.2) is 25.8 Å². The Hall–Kier alpha value is -3.10. The first-order valence-electron chi connectivity index (χ1n) is 8.25. The van der Waals surface area contributed by atoms with Crippen LogP contribution in [-0.2, 0) is 11.3 Å². The molecular weight excluding hydrogens is 400 g/mol. The van der Waals surface area contributed by atoms with Crippen LogP contribution in [0.1, 0.15) is 21.6 Å². The summed E-state index contributed by atoms with van der Waals surface area (Å²) in [5.74, 6) is 0.339. The minimum Gasteiger partial charge on any atom is -0.455 e. The molecule has 0 atom stereocenters. The molecule has 0 spiro atoms. The molecule has 0 radical (unpaired) electrons. The smallest absolute Gasteiger partial charge is 0.338 e. The third-order valence-corrected chi connectivity index (χ3v) is 5.00. The van der Waals surface area contributed by atoms with Crippen molar-refractivity contribution < 1.29 is 13.9 Å². The van der Waals surface area contributed by atoms with Gasteiger partial charge < -0.3 is 9.15 Å². The second kappa shape index (κ2) is 7.87. The van der Waals surface area contributed by atoms with Crippen LogP contribution in [0.5, 0.6) is 0 Å². The highest BCUT2D eigenvalue weighted by Gasteiger charge is 2.14. The molecule has 9 heteroatoms. The zero-order chi connectivity index (χ0) is 19.5. The van der Waals surface area contributed by atoms with Gasteiger partial charge in [-0.05, 0) is 42.8 Å². The van der Waals surface area contributed by atoms with Gasteiger partial charge in [-0.25, -0.2) is 4.79 Å². The molecule has 2 aromatic carbocycles. The molecule has 0 saturated carbocycles. The number of nitrogens with zero attached hydrogens (tertiary/aromatic N) is 4. The first-order chi connectivity index (χ1) is 13.6. The number of hydrogen-bond donors (Lipinski definition) is 0. The second-order valence-electron chi connectivity index (χ2n) is 5.87. The molecule has 4 rings (SSSR count). The van der Waals surface area contributed by atoms with E-state index in [2.05, 4.69) is 19.8 Å². The summed E-state index contributed by atoms with van der Waals surface area (Å²) in [5, 5.41) is 12.0. The van der Waals surface area contributed by atoms with Gasteiger partial charge in [0.15, 0.2) is 0 Å². The summed E-state index contributed by atoms with van der Waals surface area (Å²) in [6.45, 7) is 1.95. The van der Waals surface area contributed by atoms with Crippen molar-refractivity contribution in [1.82, 2.24) is 19.8 Å². The van der Waals surface area contributed by atoms with Crippen molar-refractivity contribution in [2.45, 2.75) is 13.5 Å². The zero-order valence-corrected chi connectivity index (χ0v) is 16.2. The molecule has 4 aromatic rings. The quantitative estimate of drug-likeness (QED) is 0.443. The Morgan fingerprint density at radius 2 is 1.82 bits per heavy atom. The fraction of sp³-hybridized carbons (Fsp3) is 0.105. The van der Waals surface area contributed by atoms with Crippen LogP contribution < -0.4 is 0 Å². The molecule has 0 amide bonds. The van der Waals surface area contributed by atoms with Crippen molar-refractivity contribution in [3.8, 4) is 22.9 Å². The Morgan fingerprint density at radius 3 is 2.54 bits per heavy atom. The summed E-state index contributed by atoms with van der Waals surface area (Å²) >= 11 is 6.94. The van der Waals surface area contributed by atoms with Crippen LogP contribution in [0.2, 0.25) is 4.34 Å².